The fourth-order valence-electron chi connectivity index (χ4n) is 4.51. The molecule has 1 aliphatic rings. The van der Waals surface area contributed by atoms with Crippen LogP contribution >= 0.6 is 11.3 Å². The number of carbonyl (C=O) groups excluding carboxylic acids is 3. The number of rotatable bonds is 15. The van der Waals surface area contributed by atoms with Crippen LogP contribution in [0.1, 0.15) is 26.0 Å². The number of ether oxygens (including phenoxy) is 2. The molecule has 0 aliphatic carbocycles. The third-order valence-corrected chi connectivity index (χ3v) is 8.05. The van der Waals surface area contributed by atoms with E-state index in [4.69, 9.17) is 30.3 Å². The monoisotopic (exact) mass is 695 g/mol. The molecule has 2 atom stereocenters. The summed E-state index contributed by atoms with van der Waals surface area (Å²) in [4.78, 5) is 47.8. The Kier molecular flexibility index (Phi) is 10.8. The van der Waals surface area contributed by atoms with Crippen LogP contribution in [0.15, 0.2) is 47.2 Å². The number of aromatic nitrogens is 3. The van der Waals surface area contributed by atoms with Gasteiger partial charge in [0, 0.05) is 5.38 Å². The largest absolute Gasteiger partial charge is 0.489 e. The average molecular weight is 696 g/mol. The summed E-state index contributed by atoms with van der Waals surface area (Å²) in [5, 5.41) is 8.14. The minimum Gasteiger partial charge on any atom is -0.489 e. The Morgan fingerprint density at radius 3 is 2.53 bits per heavy atom. The van der Waals surface area contributed by atoms with Gasteiger partial charge in [-0.3, -0.25) is 14.1 Å². The zero-order valence-corrected chi connectivity index (χ0v) is 27.5. The van der Waals surface area contributed by atoms with Crippen LogP contribution in [0.4, 0.5) is 5.13 Å². The van der Waals surface area contributed by atoms with Crippen molar-refractivity contribution >= 4 is 50.4 Å². The van der Waals surface area contributed by atoms with E-state index < -0.39 is 51.6 Å². The van der Waals surface area contributed by atoms with Crippen molar-refractivity contribution in [3.05, 3.63) is 47.7 Å². The molecule has 3 heterocycles. The van der Waals surface area contributed by atoms with Gasteiger partial charge in [0.15, 0.2) is 17.9 Å². The van der Waals surface area contributed by atoms with Gasteiger partial charge in [0.2, 0.25) is 6.20 Å². The summed E-state index contributed by atoms with van der Waals surface area (Å²) in [6, 6.07) is 5.84. The number of nitrogens with one attached hydrogen (secondary N) is 1. The Morgan fingerprint density at radius 1 is 1.26 bits per heavy atom. The molecule has 4 rings (SSSR count). The predicted octanol–water partition coefficient (Wildman–Crippen LogP) is -0.452. The van der Waals surface area contributed by atoms with E-state index in [1.54, 1.807) is 12.1 Å². The van der Waals surface area contributed by atoms with Crippen LogP contribution in [0.25, 0.3) is 11.1 Å². The van der Waals surface area contributed by atoms with Gasteiger partial charge in [-0.15, -0.1) is 20.3 Å². The topological polar surface area (TPSA) is 244 Å². The zero-order valence-electron chi connectivity index (χ0n) is 25.9. The summed E-state index contributed by atoms with van der Waals surface area (Å²) in [6.07, 6.45) is 3.41. The molecule has 18 nitrogen and oxygen atoms in total. The van der Waals surface area contributed by atoms with Crippen molar-refractivity contribution in [3.63, 3.8) is 0 Å². The van der Waals surface area contributed by atoms with E-state index in [0.717, 1.165) is 42.5 Å². The number of methoxy groups -OCH3 is 1. The van der Waals surface area contributed by atoms with Crippen LogP contribution < -0.4 is 26.2 Å². The minimum absolute atomic E-state index is 0.0361. The lowest BCUT2D eigenvalue weighted by Crippen LogP contribution is -2.76. The number of esters is 1. The highest BCUT2D eigenvalue weighted by atomic mass is 32.3. The normalized spacial score (nSPS) is 16.7. The van der Waals surface area contributed by atoms with E-state index in [1.807, 2.05) is 36.3 Å². The number of hydrogen-bond donors (Lipinski definition) is 4. The van der Waals surface area contributed by atoms with Gasteiger partial charge in [0.1, 0.15) is 24.1 Å². The standard InChI is InChI=1S/C27H34N8O10S2/c1-27(2)22(24(37)35(27)45-47(39,40)41)31-23(36)21(19-15-46-26(29)30-19)32-44-20(25(38)42-4)14-43-18-8-6-16(7-9-18)17-12-33(3)34(13-17)11-5-10-28/h6-9,12-13,15,20,22H,5,10-11,14,28H2,1-4H3,(H3-,29,30,31,36,39,40,41)/p+1/b32-21-. The van der Waals surface area contributed by atoms with Gasteiger partial charge < -0.3 is 31.1 Å². The fraction of sp³-hybridized carbons (Fsp3) is 0.407. The molecular weight excluding hydrogens is 660 g/mol. The molecular formula is C27H35N8O10S2+. The average Bonchev–Trinajstić information content (AvgIpc) is 3.63. The maximum absolute atomic E-state index is 13.3. The zero-order chi connectivity index (χ0) is 34.5. The van der Waals surface area contributed by atoms with Gasteiger partial charge in [-0.25, -0.2) is 9.78 Å². The van der Waals surface area contributed by atoms with E-state index in [-0.39, 0.29) is 17.4 Å². The summed E-state index contributed by atoms with van der Waals surface area (Å²) in [7, 11) is -1.93. The smallest absolute Gasteiger partial charge is 0.418 e. The lowest BCUT2D eigenvalue weighted by atomic mass is 9.84. The van der Waals surface area contributed by atoms with Crippen molar-refractivity contribution < 1.29 is 50.6 Å². The second kappa shape index (κ2) is 14.4. The number of benzene rings is 1. The molecule has 1 aliphatic heterocycles. The fourth-order valence-corrected chi connectivity index (χ4v) is 5.51. The highest BCUT2D eigenvalue weighted by Gasteiger charge is 2.58. The molecule has 0 spiro atoms. The number of β-lactam (4-membered cyclic amide) rings is 1. The van der Waals surface area contributed by atoms with Gasteiger partial charge in [-0.1, -0.05) is 17.3 Å². The number of hydrogen-bond acceptors (Lipinski definition) is 14. The molecule has 2 amide bonds. The van der Waals surface area contributed by atoms with Gasteiger partial charge in [-0.05, 0) is 44.5 Å². The van der Waals surface area contributed by atoms with Gasteiger partial charge >= 0.3 is 16.4 Å². The summed E-state index contributed by atoms with van der Waals surface area (Å²) in [5.41, 5.74) is 11.4. The number of thiazole rings is 1. The van der Waals surface area contributed by atoms with Gasteiger partial charge in [-0.2, -0.15) is 18.2 Å². The second-order valence-electron chi connectivity index (χ2n) is 10.8. The number of nitrogens with zero attached hydrogens (tertiary/aromatic N) is 5. The summed E-state index contributed by atoms with van der Waals surface area (Å²) >= 11 is 0.990. The molecule has 0 bridgehead atoms. The van der Waals surface area contributed by atoms with Crippen molar-refractivity contribution in [1.29, 1.82) is 0 Å². The Morgan fingerprint density at radius 2 is 1.96 bits per heavy atom. The van der Waals surface area contributed by atoms with Crippen LogP contribution in [-0.2, 0) is 52.2 Å². The third-order valence-electron chi connectivity index (χ3n) is 7.04. The SMILES string of the molecule is COC(=O)C(COc1ccc(-c2cn(CCCN)[n+](C)c2)cc1)O/N=C(\C(=O)NC1C(=O)N(OS(=O)(=O)O)C1(C)C)c1csc(N)n1. The molecule has 1 aromatic carbocycles. The molecule has 47 heavy (non-hydrogen) atoms. The van der Waals surface area contributed by atoms with Gasteiger partial charge in [0.05, 0.1) is 31.0 Å². The van der Waals surface area contributed by atoms with Gasteiger partial charge in [0.25, 0.3) is 17.9 Å². The summed E-state index contributed by atoms with van der Waals surface area (Å²) < 4.78 is 50.1. The lowest BCUT2D eigenvalue weighted by molar-refractivity contribution is -0.753. The first-order valence-electron chi connectivity index (χ1n) is 14.0. The molecule has 20 heteroatoms. The Labute approximate surface area is 273 Å². The van der Waals surface area contributed by atoms with Crippen LogP contribution in [0, 0.1) is 0 Å². The Balaban J connectivity index is 1.47. The van der Waals surface area contributed by atoms with Crippen LogP contribution in [0.2, 0.25) is 0 Å². The van der Waals surface area contributed by atoms with Crippen molar-refractivity contribution in [2.24, 2.45) is 17.9 Å². The number of carbonyl (C=O) groups is 3. The highest BCUT2D eigenvalue weighted by Crippen LogP contribution is 2.33. The first-order valence-corrected chi connectivity index (χ1v) is 16.2. The van der Waals surface area contributed by atoms with Crippen molar-refractivity contribution in [2.45, 2.75) is 44.5 Å². The molecule has 0 saturated carbocycles. The summed E-state index contributed by atoms with van der Waals surface area (Å²) in [5.74, 6) is -2.39. The first-order chi connectivity index (χ1) is 22.1. The number of nitrogen functional groups attached to an aromatic ring is 1. The quantitative estimate of drug-likeness (QED) is 0.0394. The molecule has 2 aromatic heterocycles. The maximum atomic E-state index is 13.3. The minimum atomic E-state index is -5.00. The Hall–Kier alpha value is -4.63. The lowest BCUT2D eigenvalue weighted by Gasteiger charge is -2.50. The molecule has 6 N–H and O–H groups in total. The molecule has 1 fully saturated rings. The number of nitrogens with two attached hydrogens (primary N) is 2. The predicted molar refractivity (Wildman–Crippen MR) is 166 cm³/mol. The number of hydroxylamine groups is 2. The number of aryl methyl sites for hydroxylation is 2. The van der Waals surface area contributed by atoms with Crippen LogP contribution in [0.3, 0.4) is 0 Å². The highest BCUT2D eigenvalue weighted by molar-refractivity contribution is 7.80. The third kappa shape index (κ3) is 8.40. The second-order valence-corrected chi connectivity index (χ2v) is 12.6. The van der Waals surface area contributed by atoms with E-state index in [9.17, 15) is 22.8 Å². The van der Waals surface area contributed by atoms with Crippen molar-refractivity contribution in [3.8, 4) is 16.9 Å². The van der Waals surface area contributed by atoms with E-state index in [1.165, 1.54) is 19.2 Å². The number of anilines is 1. The van der Waals surface area contributed by atoms with E-state index in [2.05, 4.69) is 24.4 Å². The van der Waals surface area contributed by atoms with Crippen LogP contribution in [-0.4, -0.2) is 89.1 Å². The van der Waals surface area contributed by atoms with E-state index >= 15 is 0 Å². The molecule has 3 aromatic rings. The number of oxime groups is 1. The Bertz CT molecular complexity index is 1750. The maximum Gasteiger partial charge on any atom is 0.418 e. The van der Waals surface area contributed by atoms with Crippen molar-refractivity contribution in [1.82, 2.24) is 20.0 Å². The number of amides is 2. The van der Waals surface area contributed by atoms with E-state index in [0.29, 0.717) is 17.4 Å². The van der Waals surface area contributed by atoms with Crippen LogP contribution in [0.5, 0.6) is 5.75 Å². The molecule has 2 unspecified atom stereocenters. The summed E-state index contributed by atoms with van der Waals surface area (Å²) in [6.45, 7) is 3.78. The molecule has 254 valence electrons. The van der Waals surface area contributed by atoms with Crippen molar-refractivity contribution in [2.75, 3.05) is 26.0 Å². The molecule has 0 radical (unpaired) electrons. The molecule has 1 saturated heterocycles. The first kappa shape index (κ1) is 35.2.